The number of benzene rings is 2. The molecule has 4 N–H and O–H groups in total. The largest absolute Gasteiger partial charge is 0.366 e. The van der Waals surface area contributed by atoms with Crippen molar-refractivity contribution in [3.63, 3.8) is 0 Å². The predicted molar refractivity (Wildman–Crippen MR) is 135 cm³/mol. The number of rotatable bonds is 7. The Hall–Kier alpha value is -2.38. The molecule has 0 radical (unpaired) electrons. The number of carbonyl (C=O) groups excluding carboxylic acids is 2. The summed E-state index contributed by atoms with van der Waals surface area (Å²) >= 11 is 1.62. The Bertz CT molecular complexity index is 891. The Morgan fingerprint density at radius 2 is 1.67 bits per heavy atom. The van der Waals surface area contributed by atoms with Crippen molar-refractivity contribution in [2.75, 3.05) is 5.32 Å². The molecule has 5 nitrogen and oxygen atoms in total. The van der Waals surface area contributed by atoms with Crippen molar-refractivity contribution in [2.24, 2.45) is 11.7 Å². The van der Waals surface area contributed by atoms with Crippen LogP contribution in [0.4, 0.5) is 10.1 Å². The Morgan fingerprint density at radius 1 is 1.03 bits per heavy atom. The minimum atomic E-state index is -0.738. The fourth-order valence-electron chi connectivity index (χ4n) is 3.51. The molecule has 0 aliphatic heterocycles. The van der Waals surface area contributed by atoms with E-state index in [1.807, 2.05) is 24.3 Å². The highest BCUT2D eigenvalue weighted by Crippen LogP contribution is 2.27. The van der Waals surface area contributed by atoms with E-state index in [0.717, 1.165) is 22.9 Å². The first-order valence-electron chi connectivity index (χ1n) is 11.5. The van der Waals surface area contributed by atoms with Gasteiger partial charge in [-0.25, -0.2) is 4.39 Å². The van der Waals surface area contributed by atoms with Crippen LogP contribution in [0.5, 0.6) is 0 Å². The Kier molecular flexibility index (Phi) is 10.9. The summed E-state index contributed by atoms with van der Waals surface area (Å²) in [5.74, 6) is -0.409. The fourth-order valence-corrected chi connectivity index (χ4v) is 4.21. The van der Waals surface area contributed by atoms with Gasteiger partial charge in [-0.3, -0.25) is 14.3 Å². The number of carbonyl (C=O) groups is 2. The van der Waals surface area contributed by atoms with E-state index in [0.29, 0.717) is 6.42 Å². The maximum Gasteiger partial charge on any atom is 0.251 e. The fraction of sp³-hybridized carbons (Fsp3) is 0.462. The lowest BCUT2D eigenvalue weighted by Crippen LogP contribution is -2.29. The van der Waals surface area contributed by atoms with Crippen molar-refractivity contribution in [3.05, 3.63) is 59.9 Å². The second kappa shape index (κ2) is 13.4. The van der Waals surface area contributed by atoms with E-state index >= 15 is 0 Å². The van der Waals surface area contributed by atoms with Crippen molar-refractivity contribution in [1.82, 2.24) is 4.72 Å². The number of hydrogen-bond acceptors (Lipinski definition) is 4. The number of hydrogen-bond donors (Lipinski definition) is 3. The van der Waals surface area contributed by atoms with Gasteiger partial charge in [-0.05, 0) is 81.5 Å². The summed E-state index contributed by atoms with van der Waals surface area (Å²) in [6.45, 7) is 6.42. The zero-order valence-electron chi connectivity index (χ0n) is 19.8. The first kappa shape index (κ1) is 26.9. The molecule has 33 heavy (non-hydrogen) atoms. The first-order valence-corrected chi connectivity index (χ1v) is 12.3. The standard InChI is InChI=1S/C19H30N2OS.C7H6FNO/c1-19(2,3)21-23-17-12-10-16(11-13-17)20-18(22)14-9-15-7-5-4-6-8-15;8-6-4-2-1-3-5(6)7(9)10/h10-13,15,21H,4-9,14H2,1-3H3,(H,20,22);1-4H,(H2,9,10). The van der Waals surface area contributed by atoms with E-state index < -0.39 is 11.7 Å². The van der Waals surface area contributed by atoms with Crippen LogP contribution in [0.3, 0.4) is 0 Å². The van der Waals surface area contributed by atoms with Gasteiger partial charge in [0.1, 0.15) is 5.82 Å². The molecule has 0 heterocycles. The summed E-state index contributed by atoms with van der Waals surface area (Å²) in [5.41, 5.74) is 5.74. The summed E-state index contributed by atoms with van der Waals surface area (Å²) in [5, 5.41) is 3.01. The number of anilines is 1. The van der Waals surface area contributed by atoms with Crippen molar-refractivity contribution < 1.29 is 14.0 Å². The van der Waals surface area contributed by atoms with Gasteiger partial charge in [-0.2, -0.15) is 0 Å². The average molecular weight is 474 g/mol. The molecule has 2 aromatic carbocycles. The molecular formula is C26H36FN3O2S. The van der Waals surface area contributed by atoms with E-state index in [1.54, 1.807) is 18.0 Å². The highest BCUT2D eigenvalue weighted by molar-refractivity contribution is 7.97. The normalized spacial score (nSPS) is 14.2. The van der Waals surface area contributed by atoms with Gasteiger partial charge in [0.25, 0.3) is 5.91 Å². The van der Waals surface area contributed by atoms with Crippen molar-refractivity contribution in [1.29, 1.82) is 0 Å². The minimum absolute atomic E-state index is 0.0671. The predicted octanol–water partition coefficient (Wildman–Crippen LogP) is 6.31. The van der Waals surface area contributed by atoms with E-state index in [4.69, 9.17) is 5.73 Å². The maximum atomic E-state index is 12.5. The van der Waals surface area contributed by atoms with Crippen LogP contribution in [-0.4, -0.2) is 17.4 Å². The van der Waals surface area contributed by atoms with Crippen molar-refractivity contribution >= 4 is 29.4 Å². The SMILES string of the molecule is CC(C)(C)NSc1ccc(NC(=O)CCC2CCCCC2)cc1.NC(=O)c1ccccc1F. The van der Waals surface area contributed by atoms with Gasteiger partial charge in [0, 0.05) is 22.5 Å². The topological polar surface area (TPSA) is 84.2 Å². The Balaban J connectivity index is 0.000000321. The van der Waals surface area contributed by atoms with Gasteiger partial charge < -0.3 is 11.1 Å². The van der Waals surface area contributed by atoms with Crippen LogP contribution in [0.1, 0.15) is 76.1 Å². The molecule has 0 bridgehead atoms. The number of amides is 2. The van der Waals surface area contributed by atoms with Crippen molar-refractivity contribution in [3.8, 4) is 0 Å². The smallest absolute Gasteiger partial charge is 0.251 e. The second-order valence-electron chi connectivity index (χ2n) is 9.41. The molecule has 0 aromatic heterocycles. The number of primary amides is 1. The molecule has 1 aliphatic carbocycles. The lowest BCUT2D eigenvalue weighted by molar-refractivity contribution is -0.116. The molecule has 3 rings (SSSR count). The van der Waals surface area contributed by atoms with E-state index in [2.05, 4.69) is 30.8 Å². The third-order valence-corrected chi connectivity index (χ3v) is 6.48. The van der Waals surface area contributed by atoms with Crippen LogP contribution in [0, 0.1) is 11.7 Å². The average Bonchev–Trinajstić information content (AvgIpc) is 2.78. The highest BCUT2D eigenvalue weighted by Gasteiger charge is 2.15. The van der Waals surface area contributed by atoms with Crippen LogP contribution in [0.25, 0.3) is 0 Å². The summed E-state index contributed by atoms with van der Waals surface area (Å²) in [6.07, 6.45) is 8.35. The lowest BCUT2D eigenvalue weighted by atomic mass is 9.86. The molecule has 2 aromatic rings. The van der Waals surface area contributed by atoms with Gasteiger partial charge in [0.2, 0.25) is 5.91 Å². The lowest BCUT2D eigenvalue weighted by Gasteiger charge is -2.21. The molecule has 0 spiro atoms. The minimum Gasteiger partial charge on any atom is -0.366 e. The van der Waals surface area contributed by atoms with Crippen molar-refractivity contribution in [2.45, 2.75) is 76.2 Å². The number of halogens is 1. The van der Waals surface area contributed by atoms with Crippen LogP contribution < -0.4 is 15.8 Å². The molecule has 1 fully saturated rings. The zero-order chi connectivity index (χ0) is 24.3. The third kappa shape index (κ3) is 10.9. The third-order valence-electron chi connectivity index (χ3n) is 5.26. The van der Waals surface area contributed by atoms with Gasteiger partial charge in [0.15, 0.2) is 0 Å². The van der Waals surface area contributed by atoms with E-state index in [-0.39, 0.29) is 17.0 Å². The molecular weight excluding hydrogens is 437 g/mol. The van der Waals surface area contributed by atoms with Gasteiger partial charge in [-0.1, -0.05) is 44.2 Å². The second-order valence-corrected chi connectivity index (χ2v) is 10.3. The highest BCUT2D eigenvalue weighted by atomic mass is 32.2. The van der Waals surface area contributed by atoms with Gasteiger partial charge in [-0.15, -0.1) is 0 Å². The maximum absolute atomic E-state index is 12.5. The summed E-state index contributed by atoms with van der Waals surface area (Å²) in [7, 11) is 0. The number of nitrogens with one attached hydrogen (secondary N) is 2. The molecule has 0 saturated heterocycles. The van der Waals surface area contributed by atoms with Crippen LogP contribution in [0.2, 0.25) is 0 Å². The van der Waals surface area contributed by atoms with Crippen LogP contribution in [-0.2, 0) is 4.79 Å². The molecule has 2 amide bonds. The van der Waals surface area contributed by atoms with Gasteiger partial charge >= 0.3 is 0 Å². The monoisotopic (exact) mass is 473 g/mol. The Morgan fingerprint density at radius 3 is 2.21 bits per heavy atom. The molecule has 180 valence electrons. The first-order chi connectivity index (χ1) is 15.6. The van der Waals surface area contributed by atoms with Crippen LogP contribution in [0.15, 0.2) is 53.4 Å². The summed E-state index contributed by atoms with van der Waals surface area (Å²) in [6, 6.07) is 13.6. The quantitative estimate of drug-likeness (QED) is 0.412. The molecule has 1 aliphatic rings. The summed E-state index contributed by atoms with van der Waals surface area (Å²) < 4.78 is 15.9. The number of nitrogens with two attached hydrogens (primary N) is 1. The molecule has 0 atom stereocenters. The van der Waals surface area contributed by atoms with E-state index in [1.165, 1.54) is 50.3 Å². The zero-order valence-corrected chi connectivity index (χ0v) is 20.6. The van der Waals surface area contributed by atoms with Gasteiger partial charge in [0.05, 0.1) is 5.56 Å². The Labute approximate surface area is 201 Å². The molecule has 7 heteroatoms. The molecule has 0 unspecified atom stereocenters. The van der Waals surface area contributed by atoms with Crippen LogP contribution >= 0.6 is 11.9 Å². The summed E-state index contributed by atoms with van der Waals surface area (Å²) in [4.78, 5) is 23.6. The molecule has 1 saturated carbocycles. The van der Waals surface area contributed by atoms with E-state index in [9.17, 15) is 14.0 Å².